The molecule has 216 valence electrons. The summed E-state index contributed by atoms with van der Waals surface area (Å²) in [6.45, 7) is 6.79. The van der Waals surface area contributed by atoms with Gasteiger partial charge in [0.15, 0.2) is 0 Å². The number of ether oxygens (including phenoxy) is 1. The summed E-state index contributed by atoms with van der Waals surface area (Å²) in [5, 5.41) is 8.33. The second-order valence-corrected chi connectivity index (χ2v) is 17.3. The summed E-state index contributed by atoms with van der Waals surface area (Å²) in [4.78, 5) is 11.6. The van der Waals surface area contributed by atoms with Crippen LogP contribution in [0, 0.1) is 5.41 Å². The number of aromatic nitrogens is 2. The molecule has 5 rings (SSSR count). The van der Waals surface area contributed by atoms with Gasteiger partial charge in [0, 0.05) is 0 Å². The molecule has 0 unspecified atom stereocenters. The molecule has 2 N–H and O–H groups in total. The molecule has 0 atom stereocenters. The number of anilines is 4. The van der Waals surface area contributed by atoms with Crippen LogP contribution < -0.4 is 20.7 Å². The molecule has 0 radical (unpaired) electrons. The quantitative estimate of drug-likeness (QED) is 0.183. The van der Waals surface area contributed by atoms with Crippen molar-refractivity contribution in [1.82, 2.24) is 14.9 Å². The number of piperidine rings is 1. The predicted molar refractivity (Wildman–Crippen MR) is 178 cm³/mol. The minimum atomic E-state index is -2.09. The van der Waals surface area contributed by atoms with Gasteiger partial charge < -0.3 is 4.90 Å². The van der Waals surface area contributed by atoms with Gasteiger partial charge in [0.05, 0.1) is 0 Å². The Kier molecular flexibility index (Phi) is 9.42. The van der Waals surface area contributed by atoms with Crippen molar-refractivity contribution in [3.63, 3.8) is 0 Å². The maximum atomic E-state index is 6.51. The van der Waals surface area contributed by atoms with E-state index < -0.39 is 7.49 Å². The molecule has 3 aromatic rings. The molecular weight excluding hydrogens is 656 g/mol. The molecule has 7 nitrogen and oxygen atoms in total. The molecule has 0 amide bonds. The molecule has 2 heterocycles. The number of nitrogens with one attached hydrogen (secondary N) is 2. The van der Waals surface area contributed by atoms with Gasteiger partial charge in [-0.25, -0.2) is 0 Å². The number of nitrogens with zero attached hydrogens (tertiary/aromatic N) is 3. The van der Waals surface area contributed by atoms with E-state index in [9.17, 15) is 0 Å². The van der Waals surface area contributed by atoms with Crippen molar-refractivity contribution in [2.45, 2.75) is 44.4 Å². The summed E-state index contributed by atoms with van der Waals surface area (Å²) in [6, 6.07) is 14.6. The van der Waals surface area contributed by atoms with Gasteiger partial charge in [0.25, 0.3) is 0 Å². The molecule has 2 aromatic carbocycles. The fourth-order valence-corrected chi connectivity index (χ4v) is 8.37. The number of benzene rings is 2. The SMILES string of the molecule is COc1cc(C2CCC3(CC2)CCN(C)CC3)ccc1Nc1ncc(Cl)c(Nc2ccccc2[PH](C)(C)OI)n1. The zero-order chi connectivity index (χ0) is 28.3. The molecular formula is C30H40ClIN5O2P. The Balaban J connectivity index is 1.30. The zero-order valence-electron chi connectivity index (χ0n) is 23.8. The predicted octanol–water partition coefficient (Wildman–Crippen LogP) is 7.91. The molecule has 2 aliphatic rings. The number of methoxy groups -OCH3 is 1. The van der Waals surface area contributed by atoms with Crippen LogP contribution >= 0.6 is 42.1 Å². The van der Waals surface area contributed by atoms with Crippen LogP contribution in [0.2, 0.25) is 5.02 Å². The number of halogens is 2. The molecule has 1 aliphatic carbocycles. The summed E-state index contributed by atoms with van der Waals surface area (Å²) < 4.78 is 11.6. The van der Waals surface area contributed by atoms with Crippen molar-refractivity contribution in [2.24, 2.45) is 5.41 Å². The second-order valence-electron chi connectivity index (χ2n) is 11.8. The van der Waals surface area contributed by atoms with E-state index in [4.69, 9.17) is 24.2 Å². The summed E-state index contributed by atoms with van der Waals surface area (Å²) >= 11 is 8.51. The summed E-state index contributed by atoms with van der Waals surface area (Å²) in [7, 11) is 1.87. The second kappa shape index (κ2) is 12.7. The Morgan fingerprint density at radius 1 is 1.02 bits per heavy atom. The van der Waals surface area contributed by atoms with E-state index in [1.807, 2.05) is 41.2 Å². The molecule has 0 bridgehead atoms. The Morgan fingerprint density at radius 3 is 2.45 bits per heavy atom. The molecule has 40 heavy (non-hydrogen) atoms. The van der Waals surface area contributed by atoms with Crippen molar-refractivity contribution >= 4 is 70.5 Å². The Hall–Kier alpha value is -1.71. The molecule has 1 aliphatic heterocycles. The van der Waals surface area contributed by atoms with Crippen LogP contribution in [0.1, 0.15) is 50.0 Å². The maximum absolute atomic E-state index is 6.51. The normalized spacial score (nSPS) is 18.4. The van der Waals surface area contributed by atoms with E-state index in [0.717, 1.165) is 22.4 Å². The van der Waals surface area contributed by atoms with Crippen molar-refractivity contribution in [3.05, 3.63) is 59.2 Å². The first-order valence-corrected chi connectivity index (χ1v) is 18.2. The van der Waals surface area contributed by atoms with Gasteiger partial charge in [-0.1, -0.05) is 0 Å². The number of hydrogen-bond donors (Lipinski definition) is 2. The van der Waals surface area contributed by atoms with Gasteiger partial charge >= 0.3 is 190 Å². The fraction of sp³-hybridized carbons (Fsp3) is 0.467. The standard InChI is InChI=1S/C30H40ClIN5O2P/c1-37-17-15-30(16-18-37)13-11-21(12-14-30)22-9-10-24(26(19-22)38-2)35-29-33-20-23(31)28(36-29)34-25-7-5-6-8-27(25)40(3,4)39-32/h5-10,19-21,40H,11-18H2,1-4H3,(H2,33,34,35,36). The molecule has 1 saturated carbocycles. The minimum absolute atomic E-state index is 0.442. The van der Waals surface area contributed by atoms with Crippen LogP contribution in [0.25, 0.3) is 0 Å². The van der Waals surface area contributed by atoms with E-state index in [1.165, 1.54) is 57.2 Å². The molecule has 1 saturated heterocycles. The third-order valence-corrected chi connectivity index (χ3v) is 14.5. The number of likely N-dealkylation sites (tertiary alicyclic amines) is 1. The first-order chi connectivity index (χ1) is 19.2. The number of hydrogen-bond acceptors (Lipinski definition) is 7. The van der Waals surface area contributed by atoms with Gasteiger partial charge in [-0.05, 0) is 64.1 Å². The van der Waals surface area contributed by atoms with E-state index in [0.29, 0.717) is 28.1 Å². The average Bonchev–Trinajstić information content (AvgIpc) is 2.97. The topological polar surface area (TPSA) is 71.5 Å². The van der Waals surface area contributed by atoms with Crippen LogP contribution in [0.4, 0.5) is 23.1 Å². The van der Waals surface area contributed by atoms with Crippen molar-refractivity contribution in [2.75, 3.05) is 51.2 Å². The number of para-hydroxylation sites is 1. The van der Waals surface area contributed by atoms with Crippen molar-refractivity contribution in [3.8, 4) is 5.75 Å². The van der Waals surface area contributed by atoms with Crippen molar-refractivity contribution < 1.29 is 7.59 Å². The first-order valence-electron chi connectivity index (χ1n) is 14.0. The van der Waals surface area contributed by atoms with E-state index in [2.05, 4.69) is 65.2 Å². The third kappa shape index (κ3) is 6.67. The molecule has 1 aromatic heterocycles. The first kappa shape index (κ1) is 29.8. The van der Waals surface area contributed by atoms with Crippen molar-refractivity contribution in [1.29, 1.82) is 0 Å². The molecule has 10 heteroatoms. The summed E-state index contributed by atoms with van der Waals surface area (Å²) in [5.41, 5.74) is 3.67. The average molecular weight is 696 g/mol. The van der Waals surface area contributed by atoms with Crippen LogP contribution in [0.5, 0.6) is 5.75 Å². The van der Waals surface area contributed by atoms with E-state index in [-0.39, 0.29) is 0 Å². The van der Waals surface area contributed by atoms with Gasteiger partial charge in [-0.2, -0.15) is 0 Å². The summed E-state index contributed by atoms with van der Waals surface area (Å²) in [6.07, 6.45) is 9.46. The van der Waals surface area contributed by atoms with Crippen LogP contribution in [0.15, 0.2) is 48.7 Å². The van der Waals surface area contributed by atoms with Gasteiger partial charge in [-0.15, -0.1) is 0 Å². The number of rotatable bonds is 8. The molecule has 1 spiro atoms. The monoisotopic (exact) mass is 695 g/mol. The van der Waals surface area contributed by atoms with E-state index >= 15 is 0 Å². The summed E-state index contributed by atoms with van der Waals surface area (Å²) in [5.74, 6) is 2.35. The van der Waals surface area contributed by atoms with Gasteiger partial charge in [0.1, 0.15) is 0 Å². The van der Waals surface area contributed by atoms with Crippen LogP contribution in [0.3, 0.4) is 0 Å². The van der Waals surface area contributed by atoms with Gasteiger partial charge in [0.2, 0.25) is 0 Å². The Morgan fingerprint density at radius 2 is 1.75 bits per heavy atom. The molecule has 2 fully saturated rings. The zero-order valence-corrected chi connectivity index (χ0v) is 27.7. The van der Waals surface area contributed by atoms with Crippen LogP contribution in [-0.4, -0.2) is 55.4 Å². The van der Waals surface area contributed by atoms with Gasteiger partial charge in [-0.3, -0.25) is 0 Å². The van der Waals surface area contributed by atoms with Crippen LogP contribution in [-0.2, 0) is 2.85 Å². The Bertz CT molecular complexity index is 1330. The fourth-order valence-electron chi connectivity index (χ4n) is 6.14. The Labute approximate surface area is 257 Å². The van der Waals surface area contributed by atoms with E-state index in [1.54, 1.807) is 13.3 Å². The third-order valence-electron chi connectivity index (χ3n) is 8.80.